The van der Waals surface area contributed by atoms with Crippen LogP contribution in [-0.4, -0.2) is 31.2 Å². The fraction of sp³-hybridized carbons (Fsp3) is 0.150. The van der Waals surface area contributed by atoms with Gasteiger partial charge in [-0.25, -0.2) is 4.98 Å². The van der Waals surface area contributed by atoms with Crippen molar-refractivity contribution in [2.75, 3.05) is 26.6 Å². The van der Waals surface area contributed by atoms with E-state index in [4.69, 9.17) is 14.2 Å². The summed E-state index contributed by atoms with van der Waals surface area (Å²) in [5, 5.41) is 13.9. The van der Waals surface area contributed by atoms with Crippen LogP contribution in [0.1, 0.15) is 0 Å². The summed E-state index contributed by atoms with van der Waals surface area (Å²) in [6.07, 6.45) is 1.67. The number of hydrogen-bond acceptors (Lipinski definition) is 7. The lowest BCUT2D eigenvalue weighted by molar-refractivity contribution is -0.384. The number of nitrogens with one attached hydrogen (secondary N) is 1. The van der Waals surface area contributed by atoms with Gasteiger partial charge in [0.05, 0.1) is 26.3 Å². The molecule has 0 fully saturated rings. The molecule has 0 radical (unpaired) electrons. The van der Waals surface area contributed by atoms with Crippen LogP contribution in [-0.2, 0) is 0 Å². The predicted molar refractivity (Wildman–Crippen MR) is 106 cm³/mol. The van der Waals surface area contributed by atoms with Gasteiger partial charge in [0.2, 0.25) is 5.75 Å². The first-order valence-corrected chi connectivity index (χ1v) is 8.33. The second kappa shape index (κ2) is 8.26. The van der Waals surface area contributed by atoms with Crippen molar-refractivity contribution in [3.8, 4) is 28.4 Å². The molecule has 0 aliphatic heterocycles. The van der Waals surface area contributed by atoms with Gasteiger partial charge in [-0.3, -0.25) is 10.1 Å². The third-order valence-corrected chi connectivity index (χ3v) is 4.11. The minimum atomic E-state index is -0.437. The largest absolute Gasteiger partial charge is 0.493 e. The van der Waals surface area contributed by atoms with Gasteiger partial charge in [-0.1, -0.05) is 0 Å². The first-order chi connectivity index (χ1) is 13.5. The second-order valence-electron chi connectivity index (χ2n) is 5.77. The van der Waals surface area contributed by atoms with Gasteiger partial charge in [0, 0.05) is 24.0 Å². The minimum Gasteiger partial charge on any atom is -0.493 e. The number of aromatic nitrogens is 1. The fourth-order valence-electron chi connectivity index (χ4n) is 2.74. The molecular formula is C20H19N3O5. The number of ether oxygens (including phenoxy) is 3. The van der Waals surface area contributed by atoms with Crippen molar-refractivity contribution in [3.05, 3.63) is 64.8 Å². The Morgan fingerprint density at radius 1 is 0.893 bits per heavy atom. The van der Waals surface area contributed by atoms with Crippen molar-refractivity contribution in [2.45, 2.75) is 0 Å². The minimum absolute atomic E-state index is 0.0321. The lowest BCUT2D eigenvalue weighted by Crippen LogP contribution is -1.97. The zero-order valence-electron chi connectivity index (χ0n) is 15.6. The quantitative estimate of drug-likeness (QED) is 0.478. The van der Waals surface area contributed by atoms with Gasteiger partial charge in [-0.2, -0.15) is 0 Å². The maximum atomic E-state index is 10.8. The van der Waals surface area contributed by atoms with Gasteiger partial charge in [0.1, 0.15) is 5.82 Å². The molecule has 3 rings (SSSR count). The number of methoxy groups -OCH3 is 3. The molecule has 8 heteroatoms. The molecule has 0 unspecified atom stereocenters. The number of nitro groups is 1. The average Bonchev–Trinajstić information content (AvgIpc) is 2.73. The number of nitrogens with zero attached hydrogens (tertiary/aromatic N) is 2. The Balaban J connectivity index is 1.92. The molecular weight excluding hydrogens is 362 g/mol. The number of non-ortho nitro benzene ring substituents is 1. The molecule has 0 saturated heterocycles. The Bertz CT molecular complexity index is 964. The molecule has 144 valence electrons. The lowest BCUT2D eigenvalue weighted by atomic mass is 10.1. The zero-order valence-corrected chi connectivity index (χ0v) is 15.6. The van der Waals surface area contributed by atoms with E-state index in [-0.39, 0.29) is 5.69 Å². The third-order valence-electron chi connectivity index (χ3n) is 4.11. The second-order valence-corrected chi connectivity index (χ2v) is 5.77. The van der Waals surface area contributed by atoms with Crippen LogP contribution in [0.3, 0.4) is 0 Å². The Hall–Kier alpha value is -3.81. The van der Waals surface area contributed by atoms with E-state index < -0.39 is 4.92 Å². The van der Waals surface area contributed by atoms with Crippen molar-refractivity contribution in [2.24, 2.45) is 0 Å². The summed E-state index contributed by atoms with van der Waals surface area (Å²) in [6, 6.07) is 13.6. The summed E-state index contributed by atoms with van der Waals surface area (Å²) in [7, 11) is 4.68. The normalized spacial score (nSPS) is 10.2. The summed E-state index contributed by atoms with van der Waals surface area (Å²) < 4.78 is 16.2. The van der Waals surface area contributed by atoms with Crippen LogP contribution in [0, 0.1) is 10.1 Å². The molecule has 1 N–H and O–H groups in total. The Morgan fingerprint density at radius 3 is 2.07 bits per heavy atom. The van der Waals surface area contributed by atoms with Crippen molar-refractivity contribution in [3.63, 3.8) is 0 Å². The van der Waals surface area contributed by atoms with E-state index in [1.54, 1.807) is 39.7 Å². The Morgan fingerprint density at radius 2 is 1.54 bits per heavy atom. The monoisotopic (exact) mass is 381 g/mol. The van der Waals surface area contributed by atoms with Crippen LogP contribution in [0.2, 0.25) is 0 Å². The number of pyridine rings is 1. The molecule has 3 aromatic rings. The van der Waals surface area contributed by atoms with Gasteiger partial charge < -0.3 is 19.5 Å². The highest BCUT2D eigenvalue weighted by atomic mass is 16.6. The highest BCUT2D eigenvalue weighted by Gasteiger charge is 2.14. The van der Waals surface area contributed by atoms with Crippen LogP contribution in [0.15, 0.2) is 54.7 Å². The van der Waals surface area contributed by atoms with Crippen molar-refractivity contribution in [1.82, 2.24) is 4.98 Å². The summed E-state index contributed by atoms with van der Waals surface area (Å²) in [4.78, 5) is 14.6. The molecule has 0 spiro atoms. The van der Waals surface area contributed by atoms with Crippen molar-refractivity contribution in [1.29, 1.82) is 0 Å². The summed E-state index contributed by atoms with van der Waals surface area (Å²) >= 11 is 0. The number of anilines is 2. The van der Waals surface area contributed by atoms with Crippen LogP contribution in [0.5, 0.6) is 17.2 Å². The topological polar surface area (TPSA) is 95.8 Å². The third kappa shape index (κ3) is 3.96. The molecule has 0 bridgehead atoms. The smallest absolute Gasteiger partial charge is 0.269 e. The van der Waals surface area contributed by atoms with E-state index >= 15 is 0 Å². The summed E-state index contributed by atoms with van der Waals surface area (Å²) in [6.45, 7) is 0. The molecule has 2 aromatic carbocycles. The van der Waals surface area contributed by atoms with Gasteiger partial charge in [-0.15, -0.1) is 0 Å². The molecule has 8 nitrogen and oxygen atoms in total. The van der Waals surface area contributed by atoms with Crippen molar-refractivity contribution < 1.29 is 19.1 Å². The predicted octanol–water partition coefficient (Wildman–Crippen LogP) is 4.43. The van der Waals surface area contributed by atoms with Gasteiger partial charge in [-0.05, 0) is 47.5 Å². The number of benzene rings is 2. The van der Waals surface area contributed by atoms with E-state index in [0.717, 1.165) is 11.1 Å². The van der Waals surface area contributed by atoms with Gasteiger partial charge in [0.25, 0.3) is 5.69 Å². The maximum Gasteiger partial charge on any atom is 0.269 e. The van der Waals surface area contributed by atoms with E-state index in [0.29, 0.717) is 28.8 Å². The maximum absolute atomic E-state index is 10.8. The molecule has 1 aromatic heterocycles. The van der Waals surface area contributed by atoms with Gasteiger partial charge in [0.15, 0.2) is 11.5 Å². The van der Waals surface area contributed by atoms with Crippen LogP contribution in [0.25, 0.3) is 11.1 Å². The van der Waals surface area contributed by atoms with Crippen molar-refractivity contribution >= 4 is 17.2 Å². The van der Waals surface area contributed by atoms with E-state index in [9.17, 15) is 10.1 Å². The zero-order chi connectivity index (χ0) is 20.1. The molecule has 0 saturated carbocycles. The highest BCUT2D eigenvalue weighted by Crippen LogP contribution is 2.41. The van der Waals surface area contributed by atoms with E-state index in [1.807, 2.05) is 24.3 Å². The SMILES string of the molecule is COc1cc(-c2ccnc(Nc3ccc([N+](=O)[O-])cc3)c2)cc(OC)c1OC. The molecule has 0 amide bonds. The number of hydrogen-bond donors (Lipinski definition) is 1. The first kappa shape index (κ1) is 19.0. The molecule has 0 aliphatic rings. The lowest BCUT2D eigenvalue weighted by Gasteiger charge is -2.14. The van der Waals surface area contributed by atoms with Crippen LogP contribution in [0.4, 0.5) is 17.2 Å². The van der Waals surface area contributed by atoms with Gasteiger partial charge >= 0.3 is 0 Å². The highest BCUT2D eigenvalue weighted by molar-refractivity contribution is 5.73. The first-order valence-electron chi connectivity index (χ1n) is 8.33. The molecule has 28 heavy (non-hydrogen) atoms. The number of nitro benzene ring substituents is 1. The Kier molecular flexibility index (Phi) is 5.59. The molecule has 0 atom stereocenters. The summed E-state index contributed by atoms with van der Waals surface area (Å²) in [5.41, 5.74) is 2.48. The standard InChI is InChI=1S/C20H19N3O5/c1-26-17-10-14(11-18(27-2)20(17)28-3)13-8-9-21-19(12-13)22-15-4-6-16(7-5-15)23(24)25/h4-12H,1-3H3,(H,21,22). The van der Waals surface area contributed by atoms with Crippen LogP contribution >= 0.6 is 0 Å². The van der Waals surface area contributed by atoms with Crippen LogP contribution < -0.4 is 19.5 Å². The summed E-state index contributed by atoms with van der Waals surface area (Å²) in [5.74, 6) is 2.23. The fourth-order valence-corrected chi connectivity index (χ4v) is 2.74. The molecule has 0 aliphatic carbocycles. The average molecular weight is 381 g/mol. The van der Waals surface area contributed by atoms with E-state index in [1.165, 1.54) is 12.1 Å². The number of rotatable bonds is 7. The Labute approximate surface area is 161 Å². The van der Waals surface area contributed by atoms with E-state index in [2.05, 4.69) is 10.3 Å². The molecule has 1 heterocycles.